The van der Waals surface area contributed by atoms with Gasteiger partial charge < -0.3 is 26.0 Å². The molecule has 2 fully saturated rings. The number of hydrogen-bond acceptors (Lipinski definition) is 5. The van der Waals surface area contributed by atoms with Crippen LogP contribution in [0.2, 0.25) is 0 Å². The first-order valence-electron chi connectivity index (χ1n) is 10.9. The number of ether oxygens (including phenoxy) is 1. The largest absolute Gasteiger partial charge is 0.493 e. The Kier molecular flexibility index (Phi) is 7.43. The van der Waals surface area contributed by atoms with Crippen molar-refractivity contribution in [3.63, 3.8) is 0 Å². The second kappa shape index (κ2) is 10.0. The predicted molar refractivity (Wildman–Crippen MR) is 115 cm³/mol. The van der Waals surface area contributed by atoms with Crippen LogP contribution in [0.25, 0.3) is 0 Å². The number of nitrogens with one attached hydrogen (secondary N) is 2. The number of likely N-dealkylation sites (tertiary alicyclic amines) is 1. The predicted octanol–water partition coefficient (Wildman–Crippen LogP) is 3.48. The average molecular weight is 389 g/mol. The Hall–Kier alpha value is -1.95. The summed E-state index contributed by atoms with van der Waals surface area (Å²) in [5.74, 6) is 1.36. The van der Waals surface area contributed by atoms with Crippen LogP contribution in [-0.4, -0.2) is 50.1 Å². The molecule has 0 aromatic heterocycles. The molecule has 1 amide bonds. The molecule has 4 N–H and O–H groups in total. The minimum absolute atomic E-state index is 0.0940. The van der Waals surface area contributed by atoms with Gasteiger partial charge in [0.25, 0.3) is 5.91 Å². The van der Waals surface area contributed by atoms with Crippen LogP contribution >= 0.6 is 0 Å². The third-order valence-electron chi connectivity index (χ3n) is 6.13. The molecular formula is C22H36N4O2. The van der Waals surface area contributed by atoms with Crippen LogP contribution in [0.5, 0.6) is 5.75 Å². The van der Waals surface area contributed by atoms with E-state index >= 15 is 0 Å². The van der Waals surface area contributed by atoms with Crippen molar-refractivity contribution >= 4 is 17.3 Å². The fourth-order valence-electron chi connectivity index (χ4n) is 4.52. The molecule has 0 unspecified atom stereocenters. The molecule has 6 heteroatoms. The fraction of sp³-hybridized carbons (Fsp3) is 0.682. The molecule has 1 heterocycles. The number of amides is 1. The smallest absolute Gasteiger partial charge is 0.255 e. The SMILES string of the molecule is CCOc1cc(NC)c(N)cc1C(=O)NC1CCN(CC2CCCCC2)CC1. The maximum atomic E-state index is 12.9. The molecule has 1 aromatic rings. The van der Waals surface area contributed by atoms with Gasteiger partial charge in [0.15, 0.2) is 0 Å². The van der Waals surface area contributed by atoms with E-state index in [1.807, 2.05) is 14.0 Å². The zero-order valence-corrected chi connectivity index (χ0v) is 17.4. The molecule has 1 saturated carbocycles. The van der Waals surface area contributed by atoms with E-state index in [4.69, 9.17) is 10.5 Å². The molecule has 28 heavy (non-hydrogen) atoms. The van der Waals surface area contributed by atoms with Gasteiger partial charge in [-0.25, -0.2) is 0 Å². The average Bonchev–Trinajstić information content (AvgIpc) is 2.71. The van der Waals surface area contributed by atoms with E-state index in [0.29, 0.717) is 23.6 Å². The van der Waals surface area contributed by atoms with Crippen molar-refractivity contribution in [3.05, 3.63) is 17.7 Å². The molecule has 1 saturated heterocycles. The van der Waals surface area contributed by atoms with E-state index in [1.54, 1.807) is 12.1 Å². The van der Waals surface area contributed by atoms with Crippen LogP contribution in [0.1, 0.15) is 62.2 Å². The van der Waals surface area contributed by atoms with Gasteiger partial charge in [-0.1, -0.05) is 19.3 Å². The highest BCUT2D eigenvalue weighted by Crippen LogP contribution is 2.30. The lowest BCUT2D eigenvalue weighted by Gasteiger charge is -2.35. The van der Waals surface area contributed by atoms with Gasteiger partial charge in [0.2, 0.25) is 0 Å². The van der Waals surface area contributed by atoms with Crippen LogP contribution in [0.4, 0.5) is 11.4 Å². The highest BCUT2D eigenvalue weighted by molar-refractivity contribution is 5.99. The molecule has 0 radical (unpaired) electrons. The molecule has 2 aliphatic rings. The topological polar surface area (TPSA) is 79.6 Å². The third kappa shape index (κ3) is 5.31. The molecule has 1 aromatic carbocycles. The van der Waals surface area contributed by atoms with Gasteiger partial charge in [-0.3, -0.25) is 4.79 Å². The summed E-state index contributed by atoms with van der Waals surface area (Å²) in [6, 6.07) is 3.74. The monoisotopic (exact) mass is 388 g/mol. The van der Waals surface area contributed by atoms with E-state index in [2.05, 4.69) is 15.5 Å². The number of carbonyl (C=O) groups is 1. The summed E-state index contributed by atoms with van der Waals surface area (Å²) in [6.07, 6.45) is 9.00. The first-order chi connectivity index (χ1) is 13.6. The van der Waals surface area contributed by atoms with Crippen molar-refractivity contribution < 1.29 is 9.53 Å². The summed E-state index contributed by atoms with van der Waals surface area (Å²) in [5, 5.41) is 6.24. The van der Waals surface area contributed by atoms with E-state index in [0.717, 1.165) is 37.5 Å². The Balaban J connectivity index is 1.54. The number of piperidine rings is 1. The van der Waals surface area contributed by atoms with Gasteiger partial charge in [0, 0.05) is 38.8 Å². The molecule has 0 bridgehead atoms. The van der Waals surface area contributed by atoms with Crippen LogP contribution in [0.15, 0.2) is 12.1 Å². The molecule has 3 rings (SSSR count). The number of rotatable bonds is 7. The Morgan fingerprint density at radius 1 is 1.18 bits per heavy atom. The number of nitrogens with two attached hydrogens (primary N) is 1. The van der Waals surface area contributed by atoms with Crippen molar-refractivity contribution in [3.8, 4) is 5.75 Å². The van der Waals surface area contributed by atoms with Gasteiger partial charge in [0.05, 0.1) is 23.5 Å². The summed E-state index contributed by atoms with van der Waals surface area (Å²) in [7, 11) is 1.81. The Morgan fingerprint density at radius 3 is 2.54 bits per heavy atom. The van der Waals surface area contributed by atoms with Gasteiger partial charge in [-0.15, -0.1) is 0 Å². The Bertz CT molecular complexity index is 650. The van der Waals surface area contributed by atoms with Gasteiger partial charge in [-0.05, 0) is 44.6 Å². The second-order valence-corrected chi connectivity index (χ2v) is 8.17. The molecular weight excluding hydrogens is 352 g/mol. The molecule has 156 valence electrons. The minimum Gasteiger partial charge on any atom is -0.493 e. The third-order valence-corrected chi connectivity index (χ3v) is 6.13. The summed E-state index contributed by atoms with van der Waals surface area (Å²) >= 11 is 0. The van der Waals surface area contributed by atoms with Crippen LogP contribution in [-0.2, 0) is 0 Å². The van der Waals surface area contributed by atoms with Crippen molar-refractivity contribution in [1.29, 1.82) is 0 Å². The molecule has 1 aliphatic carbocycles. The zero-order chi connectivity index (χ0) is 19.9. The Labute approximate surface area is 169 Å². The number of nitrogens with zero attached hydrogens (tertiary/aromatic N) is 1. The second-order valence-electron chi connectivity index (χ2n) is 8.17. The molecule has 6 nitrogen and oxygen atoms in total. The van der Waals surface area contributed by atoms with E-state index in [1.165, 1.54) is 38.6 Å². The lowest BCUT2D eigenvalue weighted by atomic mass is 9.88. The summed E-state index contributed by atoms with van der Waals surface area (Å²) < 4.78 is 5.68. The number of benzene rings is 1. The number of hydrogen-bond donors (Lipinski definition) is 3. The lowest BCUT2D eigenvalue weighted by molar-refractivity contribution is 0.0898. The van der Waals surface area contributed by atoms with E-state index in [-0.39, 0.29) is 11.9 Å². The fourth-order valence-corrected chi connectivity index (χ4v) is 4.52. The van der Waals surface area contributed by atoms with Gasteiger partial charge in [0.1, 0.15) is 5.75 Å². The Morgan fingerprint density at radius 2 is 1.89 bits per heavy atom. The summed E-state index contributed by atoms with van der Waals surface area (Å²) in [5.41, 5.74) is 7.92. The first-order valence-corrected chi connectivity index (χ1v) is 10.9. The zero-order valence-electron chi connectivity index (χ0n) is 17.4. The molecule has 0 atom stereocenters. The lowest BCUT2D eigenvalue weighted by Crippen LogP contribution is -2.46. The quantitative estimate of drug-likeness (QED) is 0.623. The van der Waals surface area contributed by atoms with Crippen molar-refractivity contribution in [2.45, 2.75) is 57.9 Å². The van der Waals surface area contributed by atoms with Gasteiger partial charge >= 0.3 is 0 Å². The number of carbonyl (C=O) groups excluding carboxylic acids is 1. The van der Waals surface area contributed by atoms with Crippen LogP contribution in [0, 0.1) is 5.92 Å². The van der Waals surface area contributed by atoms with E-state index < -0.39 is 0 Å². The summed E-state index contributed by atoms with van der Waals surface area (Å²) in [6.45, 7) is 5.80. The highest BCUT2D eigenvalue weighted by atomic mass is 16.5. The molecule has 1 aliphatic heterocycles. The molecule has 0 spiro atoms. The van der Waals surface area contributed by atoms with Crippen molar-refractivity contribution in [2.75, 3.05) is 44.3 Å². The minimum atomic E-state index is -0.0940. The standard InChI is InChI=1S/C22H36N4O2/c1-3-28-21-14-20(24-2)19(23)13-18(21)22(27)25-17-9-11-26(12-10-17)15-16-7-5-4-6-8-16/h13-14,16-17,24H,3-12,15,23H2,1-2H3,(H,25,27). The van der Waals surface area contributed by atoms with E-state index in [9.17, 15) is 4.79 Å². The maximum absolute atomic E-state index is 12.9. The maximum Gasteiger partial charge on any atom is 0.255 e. The summed E-state index contributed by atoms with van der Waals surface area (Å²) in [4.78, 5) is 15.5. The van der Waals surface area contributed by atoms with Crippen LogP contribution in [0.3, 0.4) is 0 Å². The highest BCUT2D eigenvalue weighted by Gasteiger charge is 2.25. The normalized spacial score (nSPS) is 19.4. The van der Waals surface area contributed by atoms with Crippen LogP contribution < -0.4 is 21.1 Å². The number of anilines is 2. The number of nitrogen functional groups attached to an aromatic ring is 1. The van der Waals surface area contributed by atoms with Crippen molar-refractivity contribution in [2.24, 2.45) is 5.92 Å². The first kappa shape index (κ1) is 20.8. The van der Waals surface area contributed by atoms with Gasteiger partial charge in [-0.2, -0.15) is 0 Å². The van der Waals surface area contributed by atoms with Crippen molar-refractivity contribution in [1.82, 2.24) is 10.2 Å².